The van der Waals surface area contributed by atoms with Gasteiger partial charge in [0.2, 0.25) is 0 Å². The Morgan fingerprint density at radius 1 is 1.17 bits per heavy atom. The predicted octanol–water partition coefficient (Wildman–Crippen LogP) is 3.31. The van der Waals surface area contributed by atoms with Crippen molar-refractivity contribution in [2.45, 2.75) is 13.8 Å². The Labute approximate surface area is 170 Å². The number of benzene rings is 2. The van der Waals surface area contributed by atoms with Gasteiger partial charge in [-0.05, 0) is 43.3 Å². The Bertz CT molecular complexity index is 908. The molecule has 1 saturated heterocycles. The van der Waals surface area contributed by atoms with Crippen LogP contribution in [-0.4, -0.2) is 55.6 Å². The lowest BCUT2D eigenvalue weighted by molar-refractivity contribution is -0.384. The molecule has 1 N–H and O–H groups in total. The first-order valence-corrected chi connectivity index (χ1v) is 9.64. The maximum Gasteiger partial charge on any atom is 0.270 e. The molecule has 8 nitrogen and oxygen atoms in total. The molecule has 1 heterocycles. The number of nitrogens with zero attached hydrogens (tertiary/aromatic N) is 3. The lowest BCUT2D eigenvalue weighted by Gasteiger charge is -2.35. The van der Waals surface area contributed by atoms with Crippen molar-refractivity contribution in [3.63, 3.8) is 0 Å². The molecule has 1 aliphatic heterocycles. The number of hydrogen-bond donors (Lipinski definition) is 1. The number of likely N-dealkylation sites (N-methyl/N-ethyl adjacent to an activating group) is 1. The molecule has 3 rings (SSSR count). The molecule has 0 aromatic heterocycles. The van der Waals surface area contributed by atoms with Crippen LogP contribution in [-0.2, 0) is 0 Å². The average Bonchev–Trinajstić information content (AvgIpc) is 2.74. The number of aryl methyl sites for hydroxylation is 1. The van der Waals surface area contributed by atoms with Crippen molar-refractivity contribution >= 4 is 23.0 Å². The maximum absolute atomic E-state index is 12.7. The number of carbonyl (C=O) groups is 1. The predicted molar refractivity (Wildman–Crippen MR) is 113 cm³/mol. The number of carbonyl (C=O) groups excluding carboxylic acids is 1. The standard InChI is InChI=1S/C21H26N4O4/c1-4-23-9-11-24(12-10-23)16-5-7-19(15(2)13-16)22-21(26)18-14-17(25(27)28)6-8-20(18)29-3/h5-8,13-14H,4,9-12H2,1-3H3,(H,22,26). The third-order valence-corrected chi connectivity index (χ3v) is 5.28. The largest absolute Gasteiger partial charge is 0.496 e. The normalized spacial score (nSPS) is 14.5. The van der Waals surface area contributed by atoms with Crippen LogP contribution in [0.15, 0.2) is 36.4 Å². The number of rotatable bonds is 6. The Kier molecular flexibility index (Phi) is 6.33. The van der Waals surface area contributed by atoms with Crippen LogP contribution >= 0.6 is 0 Å². The number of methoxy groups -OCH3 is 1. The van der Waals surface area contributed by atoms with E-state index in [1.54, 1.807) is 0 Å². The zero-order valence-corrected chi connectivity index (χ0v) is 17.0. The number of hydrogen-bond acceptors (Lipinski definition) is 6. The maximum atomic E-state index is 12.7. The fourth-order valence-corrected chi connectivity index (χ4v) is 3.48. The third-order valence-electron chi connectivity index (χ3n) is 5.28. The minimum Gasteiger partial charge on any atom is -0.496 e. The molecule has 0 radical (unpaired) electrons. The molecule has 8 heteroatoms. The summed E-state index contributed by atoms with van der Waals surface area (Å²) in [5, 5.41) is 13.9. The number of amides is 1. The summed E-state index contributed by atoms with van der Waals surface area (Å²) in [6, 6.07) is 9.90. The summed E-state index contributed by atoms with van der Waals surface area (Å²) in [5.74, 6) is -0.158. The topological polar surface area (TPSA) is 88.0 Å². The molecule has 0 spiro atoms. The zero-order chi connectivity index (χ0) is 21.0. The van der Waals surface area contributed by atoms with Gasteiger partial charge in [0.15, 0.2) is 0 Å². The molecule has 1 amide bonds. The molecule has 0 saturated carbocycles. The van der Waals surface area contributed by atoms with Crippen molar-refractivity contribution < 1.29 is 14.5 Å². The second-order valence-corrected chi connectivity index (χ2v) is 7.02. The average molecular weight is 398 g/mol. The number of non-ortho nitro benzene ring substituents is 1. The molecule has 0 bridgehead atoms. The molecule has 154 valence electrons. The van der Waals surface area contributed by atoms with Crippen LogP contribution in [0.5, 0.6) is 5.75 Å². The summed E-state index contributed by atoms with van der Waals surface area (Å²) in [5.41, 5.74) is 2.69. The van der Waals surface area contributed by atoms with Crippen molar-refractivity contribution in [3.8, 4) is 5.75 Å². The Morgan fingerprint density at radius 2 is 1.90 bits per heavy atom. The second-order valence-electron chi connectivity index (χ2n) is 7.02. The number of nitro benzene ring substituents is 1. The number of anilines is 2. The highest BCUT2D eigenvalue weighted by atomic mass is 16.6. The van der Waals surface area contributed by atoms with Crippen molar-refractivity contribution in [3.05, 3.63) is 57.6 Å². The van der Waals surface area contributed by atoms with Gasteiger partial charge in [0.05, 0.1) is 17.6 Å². The van der Waals surface area contributed by atoms with E-state index in [2.05, 4.69) is 28.1 Å². The highest BCUT2D eigenvalue weighted by molar-refractivity contribution is 6.07. The summed E-state index contributed by atoms with van der Waals surface area (Å²) in [4.78, 5) is 28.0. The van der Waals surface area contributed by atoms with Gasteiger partial charge >= 0.3 is 0 Å². The summed E-state index contributed by atoms with van der Waals surface area (Å²) >= 11 is 0. The van der Waals surface area contributed by atoms with Crippen LogP contribution in [0, 0.1) is 17.0 Å². The molecule has 2 aromatic rings. The van der Waals surface area contributed by atoms with Crippen molar-refractivity contribution in [2.24, 2.45) is 0 Å². The lowest BCUT2D eigenvalue weighted by atomic mass is 10.1. The first-order valence-electron chi connectivity index (χ1n) is 9.64. The van der Waals surface area contributed by atoms with E-state index in [4.69, 9.17) is 4.74 Å². The smallest absolute Gasteiger partial charge is 0.270 e. The van der Waals surface area contributed by atoms with Crippen LogP contribution in [0.3, 0.4) is 0 Å². The van der Waals surface area contributed by atoms with Crippen LogP contribution in [0.25, 0.3) is 0 Å². The third kappa shape index (κ3) is 4.65. The molecule has 2 aromatic carbocycles. The van der Waals surface area contributed by atoms with Gasteiger partial charge < -0.3 is 19.9 Å². The van der Waals surface area contributed by atoms with Gasteiger partial charge in [-0.25, -0.2) is 0 Å². The molecular weight excluding hydrogens is 372 g/mol. The van der Waals surface area contributed by atoms with E-state index in [0.717, 1.165) is 44.0 Å². The molecule has 29 heavy (non-hydrogen) atoms. The van der Waals surface area contributed by atoms with Crippen molar-refractivity contribution in [2.75, 3.05) is 50.1 Å². The fraction of sp³-hybridized carbons (Fsp3) is 0.381. The first-order chi connectivity index (χ1) is 13.9. The van der Waals surface area contributed by atoms with Crippen molar-refractivity contribution in [1.82, 2.24) is 4.90 Å². The van der Waals surface area contributed by atoms with E-state index in [1.807, 2.05) is 19.1 Å². The quantitative estimate of drug-likeness (QED) is 0.593. The van der Waals surface area contributed by atoms with E-state index >= 15 is 0 Å². The Balaban J connectivity index is 1.76. The molecule has 1 fully saturated rings. The summed E-state index contributed by atoms with van der Waals surface area (Å²) in [6.07, 6.45) is 0. The van der Waals surface area contributed by atoms with Gasteiger partial charge in [0.1, 0.15) is 5.75 Å². The van der Waals surface area contributed by atoms with Gasteiger partial charge in [-0.3, -0.25) is 14.9 Å². The number of nitro groups is 1. The molecule has 0 atom stereocenters. The highest BCUT2D eigenvalue weighted by Crippen LogP contribution is 2.27. The summed E-state index contributed by atoms with van der Waals surface area (Å²) in [7, 11) is 1.43. The number of nitrogens with one attached hydrogen (secondary N) is 1. The van der Waals surface area contributed by atoms with Crippen LogP contribution in [0.4, 0.5) is 17.1 Å². The van der Waals surface area contributed by atoms with Gasteiger partial charge in [-0.1, -0.05) is 6.92 Å². The Morgan fingerprint density at radius 3 is 2.48 bits per heavy atom. The van der Waals surface area contributed by atoms with E-state index in [-0.39, 0.29) is 17.0 Å². The van der Waals surface area contributed by atoms with Gasteiger partial charge in [0.25, 0.3) is 11.6 Å². The lowest BCUT2D eigenvalue weighted by Crippen LogP contribution is -2.46. The minimum absolute atomic E-state index is 0.126. The minimum atomic E-state index is -0.533. The number of piperazine rings is 1. The van der Waals surface area contributed by atoms with Crippen LogP contribution in [0.2, 0.25) is 0 Å². The number of ether oxygens (including phenoxy) is 1. The molecule has 0 unspecified atom stereocenters. The van der Waals surface area contributed by atoms with Crippen LogP contribution < -0.4 is 15.0 Å². The van der Waals surface area contributed by atoms with Gasteiger partial charge in [0, 0.05) is 49.7 Å². The summed E-state index contributed by atoms with van der Waals surface area (Å²) < 4.78 is 5.19. The van der Waals surface area contributed by atoms with E-state index in [0.29, 0.717) is 5.69 Å². The molecular formula is C21H26N4O4. The van der Waals surface area contributed by atoms with Crippen molar-refractivity contribution in [1.29, 1.82) is 0 Å². The fourth-order valence-electron chi connectivity index (χ4n) is 3.48. The second kappa shape index (κ2) is 8.91. The van der Waals surface area contributed by atoms with E-state index in [9.17, 15) is 14.9 Å². The molecule has 0 aliphatic carbocycles. The van der Waals surface area contributed by atoms with Crippen LogP contribution in [0.1, 0.15) is 22.8 Å². The highest BCUT2D eigenvalue weighted by Gasteiger charge is 2.19. The molecule has 1 aliphatic rings. The van der Waals surface area contributed by atoms with E-state index in [1.165, 1.54) is 25.3 Å². The SMILES string of the molecule is CCN1CCN(c2ccc(NC(=O)c3cc([N+](=O)[O-])ccc3OC)c(C)c2)CC1. The first kappa shape index (κ1) is 20.6. The van der Waals surface area contributed by atoms with Gasteiger partial charge in [-0.2, -0.15) is 0 Å². The van der Waals surface area contributed by atoms with E-state index < -0.39 is 10.8 Å². The zero-order valence-electron chi connectivity index (χ0n) is 17.0. The monoisotopic (exact) mass is 398 g/mol. The Hall–Kier alpha value is -3.13. The summed E-state index contributed by atoms with van der Waals surface area (Å²) in [6.45, 7) is 9.22. The van der Waals surface area contributed by atoms with Gasteiger partial charge in [-0.15, -0.1) is 0 Å².